The minimum absolute atomic E-state index is 0.0609. The van der Waals surface area contributed by atoms with Gasteiger partial charge >= 0.3 is 17.9 Å². The maximum atomic E-state index is 12.4. The average Bonchev–Trinajstić information content (AvgIpc) is 2.72. The van der Waals surface area contributed by atoms with Gasteiger partial charge in [0.25, 0.3) is 0 Å². The average molecular weight is 395 g/mol. The summed E-state index contributed by atoms with van der Waals surface area (Å²) in [6, 6.07) is 2.92. The van der Waals surface area contributed by atoms with Gasteiger partial charge in [-0.25, -0.2) is 9.59 Å². The van der Waals surface area contributed by atoms with Crippen molar-refractivity contribution in [2.45, 2.75) is 6.42 Å². The Morgan fingerprint density at radius 3 is 2.32 bits per heavy atom. The van der Waals surface area contributed by atoms with Crippen molar-refractivity contribution in [2.24, 2.45) is 0 Å². The fraction of sp³-hybridized carbons (Fsp3) is 0.389. The number of methoxy groups -OCH3 is 4. The highest BCUT2D eigenvalue weighted by Crippen LogP contribution is 2.41. The highest BCUT2D eigenvalue weighted by atomic mass is 16.5. The number of nitrogens with zero attached hydrogens (tertiary/aromatic N) is 1. The molecule has 0 saturated carbocycles. The molecule has 0 atom stereocenters. The van der Waals surface area contributed by atoms with Crippen LogP contribution >= 0.6 is 0 Å². The first-order valence-electron chi connectivity index (χ1n) is 8.09. The number of carbonyl (C=O) groups excluding carboxylic acids is 3. The second kappa shape index (κ2) is 9.09. The van der Waals surface area contributed by atoms with Crippen molar-refractivity contribution in [3.8, 4) is 11.5 Å². The molecule has 0 aliphatic carbocycles. The fourth-order valence-electron chi connectivity index (χ4n) is 2.68. The first-order chi connectivity index (χ1) is 13.4. The summed E-state index contributed by atoms with van der Waals surface area (Å²) in [4.78, 5) is 37.4. The van der Waals surface area contributed by atoms with E-state index in [1.807, 2.05) is 0 Å². The number of aromatic hydroxyl groups is 1. The molecule has 1 N–H and O–H groups in total. The summed E-state index contributed by atoms with van der Waals surface area (Å²) < 4.78 is 24.7. The molecule has 28 heavy (non-hydrogen) atoms. The number of carbonyl (C=O) groups is 3. The van der Waals surface area contributed by atoms with Crippen LogP contribution in [-0.4, -0.2) is 64.8 Å². The van der Waals surface area contributed by atoms with E-state index in [9.17, 15) is 19.5 Å². The molecule has 0 radical (unpaired) electrons. The third-order valence-corrected chi connectivity index (χ3v) is 4.03. The van der Waals surface area contributed by atoms with Crippen molar-refractivity contribution in [3.63, 3.8) is 0 Å². The van der Waals surface area contributed by atoms with E-state index >= 15 is 0 Å². The van der Waals surface area contributed by atoms with Gasteiger partial charge in [-0.15, -0.1) is 0 Å². The number of esters is 3. The van der Waals surface area contributed by atoms with Gasteiger partial charge in [0.1, 0.15) is 12.4 Å². The first-order valence-corrected chi connectivity index (χ1v) is 8.09. The van der Waals surface area contributed by atoms with Gasteiger partial charge < -0.3 is 33.7 Å². The summed E-state index contributed by atoms with van der Waals surface area (Å²) in [6.45, 7) is -0.337. The Morgan fingerprint density at radius 2 is 1.75 bits per heavy atom. The summed E-state index contributed by atoms with van der Waals surface area (Å²) in [6.07, 6.45) is -0.101. The molecule has 1 aliphatic heterocycles. The van der Waals surface area contributed by atoms with Crippen LogP contribution in [0.25, 0.3) is 0 Å². The molecular weight excluding hydrogens is 374 g/mol. The van der Waals surface area contributed by atoms with Gasteiger partial charge in [-0.05, 0) is 17.7 Å². The maximum absolute atomic E-state index is 12.4. The lowest BCUT2D eigenvalue weighted by molar-refractivity contribution is -0.140. The lowest BCUT2D eigenvalue weighted by Crippen LogP contribution is -2.38. The number of phenolic OH excluding ortho intramolecular Hbond substituents is 1. The predicted molar refractivity (Wildman–Crippen MR) is 94.7 cm³/mol. The molecule has 152 valence electrons. The number of anilines is 1. The normalized spacial score (nSPS) is 13.8. The van der Waals surface area contributed by atoms with Crippen LogP contribution in [0.4, 0.5) is 5.69 Å². The largest absolute Gasteiger partial charge is 0.503 e. The van der Waals surface area contributed by atoms with Crippen LogP contribution in [-0.2, 0) is 39.8 Å². The van der Waals surface area contributed by atoms with E-state index < -0.39 is 17.9 Å². The van der Waals surface area contributed by atoms with E-state index in [0.717, 1.165) is 7.11 Å². The van der Waals surface area contributed by atoms with E-state index in [0.29, 0.717) is 5.56 Å². The molecule has 0 saturated heterocycles. The maximum Gasteiger partial charge on any atom is 0.355 e. The third kappa shape index (κ3) is 4.17. The highest BCUT2D eigenvalue weighted by molar-refractivity contribution is 6.03. The number of phenols is 1. The third-order valence-electron chi connectivity index (χ3n) is 4.03. The smallest absolute Gasteiger partial charge is 0.355 e. The first kappa shape index (κ1) is 21.0. The van der Waals surface area contributed by atoms with Gasteiger partial charge in [0.05, 0.1) is 52.7 Å². The zero-order chi connectivity index (χ0) is 20.8. The molecule has 1 aromatic rings. The van der Waals surface area contributed by atoms with E-state index in [1.54, 1.807) is 0 Å². The van der Waals surface area contributed by atoms with Crippen molar-refractivity contribution in [3.05, 3.63) is 29.0 Å². The quantitative estimate of drug-likeness (QED) is 0.539. The van der Waals surface area contributed by atoms with Crippen molar-refractivity contribution in [1.82, 2.24) is 0 Å². The minimum Gasteiger partial charge on any atom is -0.503 e. The summed E-state index contributed by atoms with van der Waals surface area (Å²) >= 11 is 0. The van der Waals surface area contributed by atoms with Crippen LogP contribution in [0.3, 0.4) is 0 Å². The van der Waals surface area contributed by atoms with Gasteiger partial charge in [-0.3, -0.25) is 4.79 Å². The van der Waals surface area contributed by atoms with Crippen LogP contribution in [0.5, 0.6) is 11.5 Å². The summed E-state index contributed by atoms with van der Waals surface area (Å²) in [7, 11) is 4.91. The molecule has 1 aromatic carbocycles. The standard InChI is InChI=1S/C18H21NO9/c1-24-13-6-10(7-14(20)25-2)5-12(16(13)21)19-9-28-8-11(17(22)26-3)15(19)18(23)27-4/h5-6,21H,7-9H2,1-4H3. The van der Waals surface area contributed by atoms with Crippen molar-refractivity contribution >= 4 is 23.6 Å². The summed E-state index contributed by atoms with van der Waals surface area (Å²) in [5.41, 5.74) is 0.316. The zero-order valence-corrected chi connectivity index (χ0v) is 15.9. The molecule has 0 bridgehead atoms. The topological polar surface area (TPSA) is 121 Å². The second-order valence-corrected chi connectivity index (χ2v) is 5.63. The molecule has 1 heterocycles. The lowest BCUT2D eigenvalue weighted by Gasteiger charge is -2.32. The molecule has 10 nitrogen and oxygen atoms in total. The molecule has 0 unspecified atom stereocenters. The Hall–Kier alpha value is -3.27. The number of rotatable bonds is 6. The summed E-state index contributed by atoms with van der Waals surface area (Å²) in [5, 5.41) is 10.6. The van der Waals surface area contributed by atoms with Crippen LogP contribution in [0.1, 0.15) is 5.56 Å². The van der Waals surface area contributed by atoms with Crippen molar-refractivity contribution in [2.75, 3.05) is 46.7 Å². The van der Waals surface area contributed by atoms with Gasteiger partial charge in [0.15, 0.2) is 11.5 Å². The molecular formula is C18H21NO9. The Bertz CT molecular complexity index is 816. The van der Waals surface area contributed by atoms with Crippen LogP contribution in [0.2, 0.25) is 0 Å². The monoisotopic (exact) mass is 395 g/mol. The Morgan fingerprint density at radius 1 is 1.07 bits per heavy atom. The SMILES string of the molecule is COC(=O)Cc1cc(OC)c(O)c(N2COCC(C(=O)OC)=C2C(=O)OC)c1. The van der Waals surface area contributed by atoms with E-state index in [4.69, 9.17) is 18.9 Å². The molecule has 0 amide bonds. The number of ether oxygens (including phenoxy) is 5. The summed E-state index contributed by atoms with van der Waals surface area (Å²) in [5.74, 6) is -2.35. The molecule has 1 aliphatic rings. The van der Waals surface area contributed by atoms with E-state index in [2.05, 4.69) is 4.74 Å². The van der Waals surface area contributed by atoms with Gasteiger partial charge in [-0.1, -0.05) is 0 Å². The van der Waals surface area contributed by atoms with Gasteiger partial charge in [0, 0.05) is 0 Å². The Kier molecular flexibility index (Phi) is 6.83. The van der Waals surface area contributed by atoms with E-state index in [-0.39, 0.29) is 48.2 Å². The molecule has 0 fully saturated rings. The van der Waals surface area contributed by atoms with Crippen LogP contribution in [0.15, 0.2) is 23.4 Å². The Balaban J connectivity index is 2.65. The zero-order valence-electron chi connectivity index (χ0n) is 15.9. The van der Waals surface area contributed by atoms with Gasteiger partial charge in [-0.2, -0.15) is 0 Å². The number of benzene rings is 1. The van der Waals surface area contributed by atoms with Crippen LogP contribution in [0, 0.1) is 0 Å². The molecule has 0 aromatic heterocycles. The van der Waals surface area contributed by atoms with Crippen molar-refractivity contribution < 1.29 is 43.2 Å². The lowest BCUT2D eigenvalue weighted by atomic mass is 10.1. The van der Waals surface area contributed by atoms with Crippen molar-refractivity contribution in [1.29, 1.82) is 0 Å². The Labute approximate surface area is 161 Å². The van der Waals surface area contributed by atoms with E-state index in [1.165, 1.54) is 38.4 Å². The number of hydrogen-bond acceptors (Lipinski definition) is 10. The molecule has 2 rings (SSSR count). The highest BCUT2D eigenvalue weighted by Gasteiger charge is 2.34. The molecule has 10 heteroatoms. The molecule has 0 spiro atoms. The van der Waals surface area contributed by atoms with Gasteiger partial charge in [0.2, 0.25) is 0 Å². The fourth-order valence-corrected chi connectivity index (χ4v) is 2.68. The second-order valence-electron chi connectivity index (χ2n) is 5.63. The van der Waals surface area contributed by atoms with Crippen LogP contribution < -0.4 is 9.64 Å². The number of hydrogen-bond donors (Lipinski definition) is 1. The predicted octanol–water partition coefficient (Wildman–Crippen LogP) is 0.510. The minimum atomic E-state index is -0.819.